The van der Waals surface area contributed by atoms with Gasteiger partial charge in [0.1, 0.15) is 6.10 Å². The predicted octanol–water partition coefficient (Wildman–Crippen LogP) is 2.41. The Kier molecular flexibility index (Phi) is 3.30. The van der Waals surface area contributed by atoms with E-state index in [4.69, 9.17) is 10.5 Å². The zero-order chi connectivity index (χ0) is 13.3. The van der Waals surface area contributed by atoms with E-state index in [1.165, 1.54) is 6.07 Å². The molecule has 0 saturated carbocycles. The van der Waals surface area contributed by atoms with Crippen LogP contribution in [0, 0.1) is 0 Å². The van der Waals surface area contributed by atoms with Crippen molar-refractivity contribution < 1.29 is 22.7 Å². The summed E-state index contributed by atoms with van der Waals surface area (Å²) in [5, 5.41) is 0. The Labute approximate surface area is 102 Å². The fraction of sp³-hybridized carbons (Fsp3) is 0.417. The van der Waals surface area contributed by atoms with Crippen LogP contribution in [-0.2, 0) is 15.7 Å². The molecule has 0 spiro atoms. The molecule has 1 amide bonds. The van der Waals surface area contributed by atoms with Gasteiger partial charge in [0.2, 0.25) is 5.91 Å². The summed E-state index contributed by atoms with van der Waals surface area (Å²) in [6, 6.07) is 4.94. The first-order valence-corrected chi connectivity index (χ1v) is 5.50. The van der Waals surface area contributed by atoms with Crippen molar-refractivity contribution in [1.82, 2.24) is 0 Å². The molecule has 2 atom stereocenters. The van der Waals surface area contributed by atoms with E-state index >= 15 is 0 Å². The number of amides is 1. The maximum atomic E-state index is 12.5. The van der Waals surface area contributed by atoms with Crippen LogP contribution in [0.3, 0.4) is 0 Å². The largest absolute Gasteiger partial charge is 0.416 e. The van der Waals surface area contributed by atoms with E-state index in [-0.39, 0.29) is 0 Å². The average Bonchev–Trinajstić information content (AvgIpc) is 2.77. The molecule has 6 heteroatoms. The van der Waals surface area contributed by atoms with Crippen LogP contribution in [0.5, 0.6) is 0 Å². The normalized spacial score (nSPS) is 24.2. The fourth-order valence-electron chi connectivity index (χ4n) is 2.01. The number of nitrogens with two attached hydrogens (primary N) is 1. The molecule has 2 rings (SSSR count). The van der Waals surface area contributed by atoms with Gasteiger partial charge in [-0.3, -0.25) is 4.79 Å². The minimum Gasteiger partial charge on any atom is -0.367 e. The maximum Gasteiger partial charge on any atom is 0.416 e. The molecule has 18 heavy (non-hydrogen) atoms. The van der Waals surface area contributed by atoms with Gasteiger partial charge in [-0.15, -0.1) is 0 Å². The van der Waals surface area contributed by atoms with Crippen LogP contribution >= 0.6 is 0 Å². The van der Waals surface area contributed by atoms with E-state index in [2.05, 4.69) is 0 Å². The smallest absolute Gasteiger partial charge is 0.367 e. The minimum absolute atomic E-state index is 0.425. The summed E-state index contributed by atoms with van der Waals surface area (Å²) in [6.45, 7) is 0. The Morgan fingerprint density at radius 1 is 1.33 bits per heavy atom. The first kappa shape index (κ1) is 12.9. The molecule has 2 N–H and O–H groups in total. The van der Waals surface area contributed by atoms with Crippen LogP contribution in [0.25, 0.3) is 0 Å². The number of primary amides is 1. The Balaban J connectivity index is 2.18. The van der Waals surface area contributed by atoms with Crippen LogP contribution in [0.4, 0.5) is 13.2 Å². The Morgan fingerprint density at radius 2 is 2.06 bits per heavy atom. The molecule has 1 heterocycles. The van der Waals surface area contributed by atoms with Crippen molar-refractivity contribution in [3.8, 4) is 0 Å². The number of hydrogen-bond acceptors (Lipinski definition) is 2. The number of carbonyl (C=O) groups is 1. The monoisotopic (exact) mass is 259 g/mol. The zero-order valence-electron chi connectivity index (χ0n) is 9.41. The lowest BCUT2D eigenvalue weighted by Crippen LogP contribution is -2.27. The van der Waals surface area contributed by atoms with Crippen molar-refractivity contribution in [2.75, 3.05) is 0 Å². The van der Waals surface area contributed by atoms with Crippen LogP contribution < -0.4 is 5.73 Å². The lowest BCUT2D eigenvalue weighted by atomic mass is 10.0. The van der Waals surface area contributed by atoms with Gasteiger partial charge in [0, 0.05) is 0 Å². The number of alkyl halides is 3. The molecule has 0 aromatic heterocycles. The van der Waals surface area contributed by atoms with Crippen molar-refractivity contribution in [2.45, 2.75) is 31.2 Å². The van der Waals surface area contributed by atoms with Gasteiger partial charge in [0.15, 0.2) is 0 Å². The first-order valence-electron chi connectivity index (χ1n) is 5.50. The van der Waals surface area contributed by atoms with Crippen LogP contribution in [0.15, 0.2) is 24.3 Å². The Bertz CT molecular complexity index is 459. The van der Waals surface area contributed by atoms with E-state index in [9.17, 15) is 18.0 Å². The number of hydrogen-bond donors (Lipinski definition) is 1. The van der Waals surface area contributed by atoms with Gasteiger partial charge in [-0.25, -0.2) is 0 Å². The third-order valence-corrected chi connectivity index (χ3v) is 2.92. The topological polar surface area (TPSA) is 52.3 Å². The van der Waals surface area contributed by atoms with Gasteiger partial charge < -0.3 is 10.5 Å². The average molecular weight is 259 g/mol. The Morgan fingerprint density at radius 3 is 2.61 bits per heavy atom. The standard InChI is InChI=1S/C12H12F3NO2/c13-12(14,15)8-3-1-2-7(6-8)9-4-5-10(18-9)11(16)17/h1-3,6,9-10H,4-5H2,(H2,16,17)/t9-,10+/m1/s1. The molecule has 1 aromatic rings. The van der Waals surface area contributed by atoms with Crippen molar-refractivity contribution in [2.24, 2.45) is 5.73 Å². The molecule has 0 aliphatic carbocycles. The molecule has 1 fully saturated rings. The highest BCUT2D eigenvalue weighted by Gasteiger charge is 2.33. The van der Waals surface area contributed by atoms with E-state index in [0.717, 1.165) is 12.1 Å². The summed E-state index contributed by atoms with van der Waals surface area (Å²) >= 11 is 0. The second kappa shape index (κ2) is 4.61. The third-order valence-electron chi connectivity index (χ3n) is 2.92. The third kappa shape index (κ3) is 2.64. The van der Waals surface area contributed by atoms with Gasteiger partial charge in [-0.1, -0.05) is 12.1 Å². The lowest BCUT2D eigenvalue weighted by molar-refractivity contribution is -0.138. The van der Waals surface area contributed by atoms with E-state index in [1.807, 2.05) is 0 Å². The number of ether oxygens (including phenoxy) is 1. The summed E-state index contributed by atoms with van der Waals surface area (Å²) in [5.74, 6) is -0.579. The highest BCUT2D eigenvalue weighted by Crippen LogP contribution is 2.36. The van der Waals surface area contributed by atoms with Gasteiger partial charge in [-0.2, -0.15) is 13.2 Å². The van der Waals surface area contributed by atoms with Gasteiger partial charge in [0.25, 0.3) is 0 Å². The highest BCUT2D eigenvalue weighted by molar-refractivity contribution is 5.79. The van der Waals surface area contributed by atoms with Gasteiger partial charge >= 0.3 is 6.18 Å². The molecule has 0 unspecified atom stereocenters. The maximum absolute atomic E-state index is 12.5. The van der Waals surface area contributed by atoms with Crippen LogP contribution in [0.2, 0.25) is 0 Å². The molecule has 0 bridgehead atoms. The summed E-state index contributed by atoms with van der Waals surface area (Å²) in [7, 11) is 0. The molecule has 0 radical (unpaired) electrons. The van der Waals surface area contributed by atoms with Crippen molar-refractivity contribution >= 4 is 5.91 Å². The summed E-state index contributed by atoms with van der Waals surface area (Å²) in [5.41, 5.74) is 4.80. The van der Waals surface area contributed by atoms with Gasteiger partial charge in [0.05, 0.1) is 11.7 Å². The number of halogens is 3. The van der Waals surface area contributed by atoms with Crippen LogP contribution in [-0.4, -0.2) is 12.0 Å². The molecular weight excluding hydrogens is 247 g/mol. The summed E-state index contributed by atoms with van der Waals surface area (Å²) in [4.78, 5) is 10.9. The molecule has 1 saturated heterocycles. The number of benzene rings is 1. The lowest BCUT2D eigenvalue weighted by Gasteiger charge is -2.14. The van der Waals surface area contributed by atoms with Crippen molar-refractivity contribution in [3.05, 3.63) is 35.4 Å². The molecule has 3 nitrogen and oxygen atoms in total. The predicted molar refractivity (Wildman–Crippen MR) is 57.5 cm³/mol. The number of carbonyl (C=O) groups excluding carboxylic acids is 1. The minimum atomic E-state index is -4.38. The second-order valence-electron chi connectivity index (χ2n) is 4.22. The summed E-state index contributed by atoms with van der Waals surface area (Å²) < 4.78 is 43.0. The van der Waals surface area contributed by atoms with E-state index in [0.29, 0.717) is 18.4 Å². The molecular formula is C12H12F3NO2. The van der Waals surface area contributed by atoms with Gasteiger partial charge in [-0.05, 0) is 30.5 Å². The van der Waals surface area contributed by atoms with E-state index < -0.39 is 29.9 Å². The van der Waals surface area contributed by atoms with Crippen molar-refractivity contribution in [1.29, 1.82) is 0 Å². The summed E-state index contributed by atoms with van der Waals surface area (Å²) in [6.07, 6.45) is -4.64. The van der Waals surface area contributed by atoms with E-state index in [1.54, 1.807) is 6.07 Å². The first-order chi connectivity index (χ1) is 8.38. The van der Waals surface area contributed by atoms with Crippen LogP contribution in [0.1, 0.15) is 30.1 Å². The second-order valence-corrected chi connectivity index (χ2v) is 4.22. The fourth-order valence-corrected chi connectivity index (χ4v) is 2.01. The Hall–Kier alpha value is -1.56. The SMILES string of the molecule is NC(=O)[C@@H]1CC[C@H](c2cccc(C(F)(F)F)c2)O1. The highest BCUT2D eigenvalue weighted by atomic mass is 19.4. The van der Waals surface area contributed by atoms with Crippen molar-refractivity contribution in [3.63, 3.8) is 0 Å². The molecule has 1 aliphatic rings. The molecule has 1 aliphatic heterocycles. The number of rotatable bonds is 2. The quantitative estimate of drug-likeness (QED) is 0.886. The zero-order valence-corrected chi connectivity index (χ0v) is 9.41. The molecule has 1 aromatic carbocycles. The molecule has 98 valence electrons.